The zero-order valence-corrected chi connectivity index (χ0v) is 11.1. The van der Waals surface area contributed by atoms with E-state index < -0.39 is 0 Å². The van der Waals surface area contributed by atoms with Gasteiger partial charge < -0.3 is 15.0 Å². The van der Waals surface area contributed by atoms with Gasteiger partial charge in [-0.15, -0.1) is 0 Å². The Hall–Kier alpha value is -1.52. The number of nitrogens with one attached hydrogen (secondary N) is 2. The first kappa shape index (κ1) is 12.5. The maximum atomic E-state index is 11.7. The minimum atomic E-state index is -0.266. The van der Waals surface area contributed by atoms with Gasteiger partial charge in [0.2, 0.25) is 0 Å². The summed E-state index contributed by atoms with van der Waals surface area (Å²) in [6.45, 7) is 0.577. The molecule has 2 atom stereocenters. The van der Waals surface area contributed by atoms with Gasteiger partial charge in [0, 0.05) is 23.9 Å². The van der Waals surface area contributed by atoms with E-state index in [1.807, 2.05) is 6.20 Å². The van der Waals surface area contributed by atoms with E-state index in [9.17, 15) is 4.79 Å². The Morgan fingerprint density at radius 3 is 3.00 bits per heavy atom. The van der Waals surface area contributed by atoms with Gasteiger partial charge in [-0.05, 0) is 25.2 Å². The molecule has 1 heterocycles. The van der Waals surface area contributed by atoms with Gasteiger partial charge in [-0.1, -0.05) is 19.3 Å². The third-order valence-corrected chi connectivity index (χ3v) is 4.19. The molecule has 0 bridgehead atoms. The van der Waals surface area contributed by atoms with Crippen molar-refractivity contribution in [2.75, 3.05) is 6.61 Å². The number of carbonyl (C=O) groups is 1. The van der Waals surface area contributed by atoms with Crippen LogP contribution >= 0.6 is 0 Å². The predicted molar refractivity (Wildman–Crippen MR) is 70.8 cm³/mol. The van der Waals surface area contributed by atoms with Gasteiger partial charge in [0.05, 0.1) is 12.9 Å². The lowest BCUT2D eigenvalue weighted by Crippen LogP contribution is -2.29. The highest BCUT2D eigenvalue weighted by atomic mass is 16.5. The van der Waals surface area contributed by atoms with Crippen LogP contribution in [0.4, 0.5) is 4.79 Å². The smallest absolute Gasteiger partial charge is 0.407 e. The molecular weight excluding hydrogens is 242 g/mol. The van der Waals surface area contributed by atoms with E-state index in [1.165, 1.54) is 32.1 Å². The third kappa shape index (κ3) is 3.28. The molecule has 1 aromatic rings. The second-order valence-corrected chi connectivity index (χ2v) is 5.70. The van der Waals surface area contributed by atoms with Gasteiger partial charge in [0.15, 0.2) is 0 Å². The summed E-state index contributed by atoms with van der Waals surface area (Å²) in [5, 5.41) is 2.92. The molecule has 0 saturated heterocycles. The summed E-state index contributed by atoms with van der Waals surface area (Å²) in [5.74, 6) is 0.951. The van der Waals surface area contributed by atoms with Crippen LogP contribution in [0.2, 0.25) is 0 Å². The molecule has 5 nitrogen and oxygen atoms in total. The van der Waals surface area contributed by atoms with Crippen molar-refractivity contribution in [3.05, 3.63) is 18.2 Å². The third-order valence-electron chi connectivity index (χ3n) is 4.19. The molecule has 2 aliphatic carbocycles. The van der Waals surface area contributed by atoms with Crippen molar-refractivity contribution in [1.82, 2.24) is 15.3 Å². The van der Waals surface area contributed by atoms with Gasteiger partial charge in [0.1, 0.15) is 0 Å². The van der Waals surface area contributed by atoms with Crippen LogP contribution in [-0.2, 0) is 4.74 Å². The van der Waals surface area contributed by atoms with E-state index in [-0.39, 0.29) is 12.1 Å². The minimum absolute atomic E-state index is 0.208. The molecule has 104 valence electrons. The van der Waals surface area contributed by atoms with Crippen molar-refractivity contribution in [3.8, 4) is 0 Å². The molecule has 0 spiro atoms. The maximum absolute atomic E-state index is 11.7. The van der Waals surface area contributed by atoms with Crippen molar-refractivity contribution in [3.63, 3.8) is 0 Å². The van der Waals surface area contributed by atoms with Gasteiger partial charge in [-0.25, -0.2) is 9.78 Å². The molecule has 0 radical (unpaired) electrons. The lowest BCUT2D eigenvalue weighted by Gasteiger charge is -2.21. The number of nitrogens with zero attached hydrogens (tertiary/aromatic N) is 1. The van der Waals surface area contributed by atoms with E-state index in [4.69, 9.17) is 4.74 Å². The van der Waals surface area contributed by atoms with Crippen LogP contribution in [0.5, 0.6) is 0 Å². The number of alkyl carbamates (subject to hydrolysis) is 1. The number of aromatic amines is 1. The van der Waals surface area contributed by atoms with Crippen molar-refractivity contribution >= 4 is 6.09 Å². The Labute approximate surface area is 113 Å². The molecule has 2 saturated carbocycles. The Morgan fingerprint density at radius 1 is 1.42 bits per heavy atom. The van der Waals surface area contributed by atoms with E-state index >= 15 is 0 Å². The zero-order chi connectivity index (χ0) is 13.1. The quantitative estimate of drug-likeness (QED) is 0.877. The highest BCUT2D eigenvalue weighted by molar-refractivity contribution is 5.68. The van der Waals surface area contributed by atoms with Gasteiger partial charge in [0.25, 0.3) is 0 Å². The summed E-state index contributed by atoms with van der Waals surface area (Å²) in [7, 11) is 0. The highest BCUT2D eigenvalue weighted by Crippen LogP contribution is 2.39. The van der Waals surface area contributed by atoms with Crippen molar-refractivity contribution in [2.45, 2.75) is 50.5 Å². The Morgan fingerprint density at radius 2 is 2.26 bits per heavy atom. The highest BCUT2D eigenvalue weighted by Gasteiger charge is 2.41. The molecule has 5 heteroatoms. The second-order valence-electron chi connectivity index (χ2n) is 5.70. The summed E-state index contributed by atoms with van der Waals surface area (Å²) >= 11 is 0. The molecular formula is C14H21N3O2. The first-order chi connectivity index (χ1) is 9.33. The summed E-state index contributed by atoms with van der Waals surface area (Å²) in [5.41, 5.74) is 1.09. The van der Waals surface area contributed by atoms with E-state index in [2.05, 4.69) is 15.3 Å². The number of ether oxygens (including phenoxy) is 1. The largest absolute Gasteiger partial charge is 0.449 e. The SMILES string of the molecule is O=C(NC1CC1c1cnc[nH]1)OCC1CCCCC1. The fourth-order valence-corrected chi connectivity index (χ4v) is 2.91. The van der Waals surface area contributed by atoms with Crippen LogP contribution in [0.25, 0.3) is 0 Å². The number of H-pyrrole nitrogens is 1. The molecule has 1 aromatic heterocycles. The summed E-state index contributed by atoms with van der Waals surface area (Å²) in [6.07, 6.45) is 10.5. The molecule has 2 N–H and O–H groups in total. The molecule has 0 aromatic carbocycles. The van der Waals surface area contributed by atoms with Crippen LogP contribution in [0.15, 0.2) is 12.5 Å². The van der Waals surface area contributed by atoms with Crippen molar-refractivity contribution in [2.24, 2.45) is 5.92 Å². The lowest BCUT2D eigenvalue weighted by atomic mass is 9.90. The summed E-state index contributed by atoms with van der Waals surface area (Å²) in [4.78, 5) is 18.8. The fourth-order valence-electron chi connectivity index (χ4n) is 2.91. The van der Waals surface area contributed by atoms with Crippen molar-refractivity contribution in [1.29, 1.82) is 0 Å². The maximum Gasteiger partial charge on any atom is 0.407 e. The van der Waals surface area contributed by atoms with E-state index in [0.717, 1.165) is 12.1 Å². The average molecular weight is 263 g/mol. The molecule has 19 heavy (non-hydrogen) atoms. The van der Waals surface area contributed by atoms with E-state index in [0.29, 0.717) is 18.4 Å². The number of aromatic nitrogens is 2. The van der Waals surface area contributed by atoms with Gasteiger partial charge in [-0.2, -0.15) is 0 Å². The predicted octanol–water partition coefficient (Wildman–Crippen LogP) is 2.57. The Bertz CT molecular complexity index is 412. The molecule has 1 amide bonds. The monoisotopic (exact) mass is 263 g/mol. The lowest BCUT2D eigenvalue weighted by molar-refractivity contribution is 0.115. The number of rotatable bonds is 4. The standard InChI is InChI=1S/C14H21N3O2/c18-14(19-8-10-4-2-1-3-5-10)17-12-6-11(12)13-7-15-9-16-13/h7,9-12H,1-6,8H2,(H,15,16)(H,17,18). The molecule has 2 fully saturated rings. The van der Waals surface area contributed by atoms with Gasteiger partial charge in [-0.3, -0.25) is 0 Å². The number of carbonyl (C=O) groups excluding carboxylic acids is 1. The normalized spacial score (nSPS) is 26.9. The van der Waals surface area contributed by atoms with Gasteiger partial charge >= 0.3 is 6.09 Å². The topological polar surface area (TPSA) is 67.0 Å². The molecule has 0 aliphatic heterocycles. The summed E-state index contributed by atoms with van der Waals surface area (Å²) in [6, 6.07) is 0.208. The molecule has 2 unspecified atom stereocenters. The summed E-state index contributed by atoms with van der Waals surface area (Å²) < 4.78 is 5.32. The van der Waals surface area contributed by atoms with Crippen LogP contribution in [-0.4, -0.2) is 28.7 Å². The van der Waals surface area contributed by atoms with E-state index in [1.54, 1.807) is 6.33 Å². The van der Waals surface area contributed by atoms with Crippen LogP contribution in [0, 0.1) is 5.92 Å². The minimum Gasteiger partial charge on any atom is -0.449 e. The fraction of sp³-hybridized carbons (Fsp3) is 0.714. The Balaban J connectivity index is 1.36. The van der Waals surface area contributed by atoms with Crippen LogP contribution in [0.1, 0.15) is 50.1 Å². The average Bonchev–Trinajstić information content (AvgIpc) is 2.99. The second kappa shape index (κ2) is 5.63. The molecule has 2 aliphatic rings. The van der Waals surface area contributed by atoms with Crippen LogP contribution < -0.4 is 5.32 Å². The van der Waals surface area contributed by atoms with Crippen molar-refractivity contribution < 1.29 is 9.53 Å². The number of imidazole rings is 1. The zero-order valence-electron chi connectivity index (χ0n) is 11.1. The number of hydrogen-bond donors (Lipinski definition) is 2. The first-order valence-electron chi connectivity index (χ1n) is 7.24. The number of amides is 1. The molecule has 3 rings (SSSR count). The van der Waals surface area contributed by atoms with Crippen LogP contribution in [0.3, 0.4) is 0 Å². The first-order valence-corrected chi connectivity index (χ1v) is 7.24. The number of hydrogen-bond acceptors (Lipinski definition) is 3. The Kier molecular flexibility index (Phi) is 3.71.